The Morgan fingerprint density at radius 2 is 1.94 bits per heavy atom. The molecule has 3 nitrogen and oxygen atoms in total. The van der Waals surface area contributed by atoms with Crippen LogP contribution >= 0.6 is 0 Å². The van der Waals surface area contributed by atoms with Crippen molar-refractivity contribution in [1.29, 1.82) is 0 Å². The maximum Gasteiger partial charge on any atom is 0.125 e. The molecule has 96 valence electrons. The van der Waals surface area contributed by atoms with Gasteiger partial charge in [-0.25, -0.2) is 4.98 Å². The van der Waals surface area contributed by atoms with E-state index in [0.717, 1.165) is 25.2 Å². The van der Waals surface area contributed by atoms with Gasteiger partial charge in [0.1, 0.15) is 5.82 Å². The van der Waals surface area contributed by atoms with E-state index in [2.05, 4.69) is 16.4 Å². The minimum Gasteiger partial charge on any atom is -0.368 e. The monoisotopic (exact) mass is 235 g/mol. The molecular weight excluding hydrogens is 210 g/mol. The highest BCUT2D eigenvalue weighted by atomic mass is 15.0. The van der Waals surface area contributed by atoms with Crippen molar-refractivity contribution in [3.05, 3.63) is 23.9 Å². The van der Waals surface area contributed by atoms with Crippen LogP contribution in [-0.4, -0.2) is 17.1 Å². The topological polar surface area (TPSA) is 50.9 Å². The first-order chi connectivity index (χ1) is 8.18. The highest BCUT2D eigenvalue weighted by Crippen LogP contribution is 2.27. The molecule has 1 aromatic rings. The van der Waals surface area contributed by atoms with Crippen molar-refractivity contribution in [3.63, 3.8) is 0 Å². The largest absolute Gasteiger partial charge is 0.368 e. The van der Waals surface area contributed by atoms with E-state index < -0.39 is 0 Å². The minimum absolute atomic E-state index is 0.00737. The summed E-state index contributed by atoms with van der Waals surface area (Å²) in [4.78, 5) is 4.30. The van der Waals surface area contributed by atoms with Gasteiger partial charge in [-0.2, -0.15) is 0 Å². The average molecular weight is 235 g/mol. The van der Waals surface area contributed by atoms with Gasteiger partial charge < -0.3 is 11.1 Å². The second kappa shape index (κ2) is 6.60. The van der Waals surface area contributed by atoms with E-state index in [9.17, 15) is 0 Å². The lowest BCUT2D eigenvalue weighted by Crippen LogP contribution is -2.43. The number of anilines is 1. The van der Waals surface area contributed by atoms with Gasteiger partial charge in [0.05, 0.1) is 0 Å². The number of nitrogens with two attached hydrogens (primary N) is 1. The van der Waals surface area contributed by atoms with Gasteiger partial charge in [0.2, 0.25) is 0 Å². The average Bonchev–Trinajstić information content (AvgIpc) is 2.79. The summed E-state index contributed by atoms with van der Waals surface area (Å²) < 4.78 is 0. The van der Waals surface area contributed by atoms with Crippen LogP contribution in [0.4, 0.5) is 5.82 Å². The summed E-state index contributed by atoms with van der Waals surface area (Å²) in [6.45, 7) is 6.88. The third kappa shape index (κ3) is 4.35. The fourth-order valence-corrected chi connectivity index (χ4v) is 2.09. The van der Waals surface area contributed by atoms with Crippen LogP contribution in [0.1, 0.15) is 45.1 Å². The number of aryl methyl sites for hydroxylation is 1. The lowest BCUT2D eigenvalue weighted by atomic mass is 9.99. The third-order valence-electron chi connectivity index (χ3n) is 3.13. The Bertz CT molecular complexity index is 313. The van der Waals surface area contributed by atoms with Crippen molar-refractivity contribution in [2.24, 2.45) is 5.73 Å². The standard InChI is InChI=1S/C12H19N3.C2H6/c1-10-4-5-11(14-8-10)15-9-12(13)6-2-3-7-12;1-2/h4-5,8H,2-3,6-7,9,13H2,1H3,(H,14,15);1-2H3. The van der Waals surface area contributed by atoms with Gasteiger partial charge in [0.15, 0.2) is 0 Å². The Balaban J connectivity index is 0.000000686. The first kappa shape index (κ1) is 14.0. The Morgan fingerprint density at radius 3 is 2.47 bits per heavy atom. The molecule has 3 heteroatoms. The smallest absolute Gasteiger partial charge is 0.125 e. The van der Waals surface area contributed by atoms with Gasteiger partial charge in [-0.3, -0.25) is 0 Å². The number of aromatic nitrogens is 1. The van der Waals surface area contributed by atoms with Crippen molar-refractivity contribution in [2.75, 3.05) is 11.9 Å². The molecule has 1 aliphatic rings. The van der Waals surface area contributed by atoms with Crippen LogP contribution in [0.2, 0.25) is 0 Å². The van der Waals surface area contributed by atoms with Crippen LogP contribution in [0.15, 0.2) is 18.3 Å². The van der Waals surface area contributed by atoms with E-state index in [1.165, 1.54) is 18.4 Å². The normalized spacial score (nSPS) is 17.2. The van der Waals surface area contributed by atoms with Gasteiger partial charge in [-0.1, -0.05) is 32.8 Å². The van der Waals surface area contributed by atoms with Crippen LogP contribution in [0.5, 0.6) is 0 Å². The molecule has 0 aliphatic heterocycles. The van der Waals surface area contributed by atoms with Crippen molar-refractivity contribution in [1.82, 2.24) is 4.98 Å². The van der Waals surface area contributed by atoms with E-state index >= 15 is 0 Å². The predicted octanol–water partition coefficient (Wildman–Crippen LogP) is 3.10. The zero-order chi connectivity index (χ0) is 12.7. The van der Waals surface area contributed by atoms with Crippen LogP contribution in [0, 0.1) is 6.92 Å². The molecule has 0 unspecified atom stereocenters. The Morgan fingerprint density at radius 1 is 1.29 bits per heavy atom. The van der Waals surface area contributed by atoms with Crippen molar-refractivity contribution in [3.8, 4) is 0 Å². The molecule has 1 aliphatic carbocycles. The minimum atomic E-state index is -0.00737. The molecule has 0 spiro atoms. The van der Waals surface area contributed by atoms with Gasteiger partial charge in [-0.15, -0.1) is 0 Å². The lowest BCUT2D eigenvalue weighted by Gasteiger charge is -2.24. The number of hydrogen-bond acceptors (Lipinski definition) is 3. The lowest BCUT2D eigenvalue weighted by molar-refractivity contribution is 0.463. The molecule has 17 heavy (non-hydrogen) atoms. The molecule has 1 heterocycles. The van der Waals surface area contributed by atoms with Crippen molar-refractivity contribution in [2.45, 2.75) is 52.0 Å². The van der Waals surface area contributed by atoms with Crippen molar-refractivity contribution >= 4 is 5.82 Å². The SMILES string of the molecule is CC.Cc1ccc(NCC2(N)CCCC2)nc1. The molecule has 0 saturated heterocycles. The molecule has 1 saturated carbocycles. The summed E-state index contributed by atoms with van der Waals surface area (Å²) in [5.41, 5.74) is 7.42. The third-order valence-corrected chi connectivity index (χ3v) is 3.13. The maximum absolute atomic E-state index is 6.25. The van der Waals surface area contributed by atoms with E-state index in [1.807, 2.05) is 33.0 Å². The fraction of sp³-hybridized carbons (Fsp3) is 0.643. The summed E-state index contributed by atoms with van der Waals surface area (Å²) in [5.74, 6) is 0.928. The number of nitrogens with one attached hydrogen (secondary N) is 1. The Labute approximate surface area is 105 Å². The second-order valence-corrected chi connectivity index (χ2v) is 4.64. The summed E-state index contributed by atoms with van der Waals surface area (Å²) in [6, 6.07) is 4.07. The summed E-state index contributed by atoms with van der Waals surface area (Å²) in [7, 11) is 0. The predicted molar refractivity (Wildman–Crippen MR) is 74.2 cm³/mol. The molecule has 1 aromatic heterocycles. The Hall–Kier alpha value is -1.09. The van der Waals surface area contributed by atoms with Crippen LogP contribution < -0.4 is 11.1 Å². The summed E-state index contributed by atoms with van der Waals surface area (Å²) in [5, 5.41) is 3.32. The van der Waals surface area contributed by atoms with Crippen LogP contribution in [-0.2, 0) is 0 Å². The highest BCUT2D eigenvalue weighted by Gasteiger charge is 2.28. The number of pyridine rings is 1. The number of nitrogens with zero attached hydrogens (tertiary/aromatic N) is 1. The first-order valence-electron chi connectivity index (χ1n) is 6.63. The molecule has 1 fully saturated rings. The highest BCUT2D eigenvalue weighted by molar-refractivity contribution is 5.35. The van der Waals surface area contributed by atoms with Gasteiger partial charge in [0.25, 0.3) is 0 Å². The maximum atomic E-state index is 6.25. The number of hydrogen-bond donors (Lipinski definition) is 2. The van der Waals surface area contributed by atoms with Gasteiger partial charge in [0, 0.05) is 18.3 Å². The Kier molecular flexibility index (Phi) is 5.42. The van der Waals surface area contributed by atoms with Crippen LogP contribution in [0.3, 0.4) is 0 Å². The van der Waals surface area contributed by atoms with E-state index in [1.54, 1.807) is 0 Å². The molecular formula is C14H25N3. The van der Waals surface area contributed by atoms with Crippen molar-refractivity contribution < 1.29 is 0 Å². The van der Waals surface area contributed by atoms with Gasteiger partial charge in [-0.05, 0) is 31.4 Å². The van der Waals surface area contributed by atoms with E-state index in [0.29, 0.717) is 0 Å². The zero-order valence-electron chi connectivity index (χ0n) is 11.3. The second-order valence-electron chi connectivity index (χ2n) is 4.64. The number of rotatable bonds is 3. The molecule has 2 rings (SSSR count). The van der Waals surface area contributed by atoms with E-state index in [4.69, 9.17) is 5.73 Å². The quantitative estimate of drug-likeness (QED) is 0.846. The van der Waals surface area contributed by atoms with Gasteiger partial charge >= 0.3 is 0 Å². The zero-order valence-corrected chi connectivity index (χ0v) is 11.3. The molecule has 0 radical (unpaired) electrons. The molecule has 0 atom stereocenters. The van der Waals surface area contributed by atoms with Crippen LogP contribution in [0.25, 0.3) is 0 Å². The molecule has 0 aromatic carbocycles. The molecule has 3 N–H and O–H groups in total. The van der Waals surface area contributed by atoms with E-state index in [-0.39, 0.29) is 5.54 Å². The summed E-state index contributed by atoms with van der Waals surface area (Å²) >= 11 is 0. The molecule has 0 bridgehead atoms. The molecule has 0 amide bonds. The first-order valence-corrected chi connectivity index (χ1v) is 6.63. The summed E-state index contributed by atoms with van der Waals surface area (Å²) in [6.07, 6.45) is 6.66. The fourth-order valence-electron chi connectivity index (χ4n) is 2.09.